The minimum absolute atomic E-state index is 0.289. The Morgan fingerprint density at radius 2 is 2.00 bits per heavy atom. The van der Waals surface area contributed by atoms with Gasteiger partial charge in [-0.2, -0.15) is 18.4 Å². The van der Waals surface area contributed by atoms with Gasteiger partial charge in [-0.3, -0.25) is 4.79 Å². The molecule has 0 unspecified atom stereocenters. The number of nitrogens with zero attached hydrogens (tertiary/aromatic N) is 1. The summed E-state index contributed by atoms with van der Waals surface area (Å²) in [4.78, 5) is 10.6. The van der Waals surface area contributed by atoms with E-state index in [0.717, 1.165) is 12.1 Å². The molecule has 78 valence electrons. The van der Waals surface area contributed by atoms with Crippen molar-refractivity contribution in [3.05, 3.63) is 34.9 Å². The zero-order chi connectivity index (χ0) is 11.6. The van der Waals surface area contributed by atoms with Gasteiger partial charge in [-0.15, -0.1) is 0 Å². The Labute approximate surface area is 87.9 Å². The Balaban J connectivity index is 3.40. The van der Waals surface area contributed by atoms with E-state index in [-0.39, 0.29) is 5.56 Å². The van der Waals surface area contributed by atoms with Crippen LogP contribution >= 0.6 is 11.6 Å². The van der Waals surface area contributed by atoms with Gasteiger partial charge in [0.15, 0.2) is 0 Å². The number of hydrogen-bond donors (Lipinski definition) is 0. The van der Waals surface area contributed by atoms with Gasteiger partial charge in [0.25, 0.3) is 5.24 Å². The minimum Gasteiger partial charge on any atom is -0.276 e. The predicted molar refractivity (Wildman–Crippen MR) is 46.3 cm³/mol. The van der Waals surface area contributed by atoms with Crippen LogP contribution in [0.4, 0.5) is 13.2 Å². The second-order valence-corrected chi connectivity index (χ2v) is 2.99. The molecule has 2 nitrogen and oxygen atoms in total. The maximum atomic E-state index is 12.4. The second kappa shape index (κ2) is 3.91. The third-order valence-electron chi connectivity index (χ3n) is 1.67. The number of alkyl halides is 3. The number of carbonyl (C=O) groups is 1. The zero-order valence-electron chi connectivity index (χ0n) is 7.10. The van der Waals surface area contributed by atoms with E-state index in [0.29, 0.717) is 6.07 Å². The fourth-order valence-electron chi connectivity index (χ4n) is 0.999. The highest BCUT2D eigenvalue weighted by Crippen LogP contribution is 2.32. The van der Waals surface area contributed by atoms with Crippen molar-refractivity contribution in [3.8, 4) is 6.07 Å². The summed E-state index contributed by atoms with van der Waals surface area (Å²) in [6.45, 7) is 0. The van der Waals surface area contributed by atoms with Crippen molar-refractivity contribution in [1.29, 1.82) is 5.26 Å². The highest BCUT2D eigenvalue weighted by atomic mass is 35.5. The summed E-state index contributed by atoms with van der Waals surface area (Å²) in [7, 11) is 0. The molecule has 0 aliphatic carbocycles. The molecule has 0 aliphatic heterocycles. The molecule has 0 bridgehead atoms. The lowest BCUT2D eigenvalue weighted by Gasteiger charge is -2.08. The lowest BCUT2D eigenvalue weighted by molar-refractivity contribution is -0.137. The van der Waals surface area contributed by atoms with Crippen molar-refractivity contribution in [2.45, 2.75) is 6.18 Å². The molecular weight excluding hydrogens is 231 g/mol. The van der Waals surface area contributed by atoms with E-state index in [9.17, 15) is 18.0 Å². The van der Waals surface area contributed by atoms with Crippen LogP contribution in [0.1, 0.15) is 21.5 Å². The van der Waals surface area contributed by atoms with Crippen molar-refractivity contribution in [3.63, 3.8) is 0 Å². The molecule has 0 saturated heterocycles. The molecule has 0 atom stereocenters. The zero-order valence-corrected chi connectivity index (χ0v) is 7.86. The van der Waals surface area contributed by atoms with Gasteiger partial charge in [0, 0.05) is 5.56 Å². The van der Waals surface area contributed by atoms with Crippen molar-refractivity contribution < 1.29 is 18.0 Å². The van der Waals surface area contributed by atoms with Crippen LogP contribution < -0.4 is 0 Å². The van der Waals surface area contributed by atoms with E-state index in [1.54, 1.807) is 0 Å². The molecule has 0 fully saturated rings. The lowest BCUT2D eigenvalue weighted by Crippen LogP contribution is -2.09. The van der Waals surface area contributed by atoms with Gasteiger partial charge in [-0.05, 0) is 29.8 Å². The first-order valence-corrected chi connectivity index (χ1v) is 4.05. The van der Waals surface area contributed by atoms with E-state index in [1.807, 2.05) is 0 Å². The van der Waals surface area contributed by atoms with Crippen molar-refractivity contribution >= 4 is 16.8 Å². The standard InChI is InChI=1S/C9H3ClF3NO/c10-8(15)5-1-2-6(4-14)7(3-5)9(11,12)13/h1-3H. The highest BCUT2D eigenvalue weighted by Gasteiger charge is 2.34. The summed E-state index contributed by atoms with van der Waals surface area (Å²) >= 11 is 5.03. The van der Waals surface area contributed by atoms with Gasteiger partial charge in [0.05, 0.1) is 17.2 Å². The molecule has 0 amide bonds. The first kappa shape index (κ1) is 11.5. The van der Waals surface area contributed by atoms with Crippen LogP contribution in [-0.2, 0) is 6.18 Å². The van der Waals surface area contributed by atoms with E-state index < -0.39 is 22.5 Å². The Hall–Kier alpha value is -1.54. The Morgan fingerprint density at radius 1 is 1.40 bits per heavy atom. The third-order valence-corrected chi connectivity index (χ3v) is 1.89. The molecule has 0 aromatic heterocycles. The van der Waals surface area contributed by atoms with Crippen LogP contribution in [-0.4, -0.2) is 5.24 Å². The van der Waals surface area contributed by atoms with Crippen LogP contribution in [0, 0.1) is 11.3 Å². The van der Waals surface area contributed by atoms with Crippen LogP contribution in [0.2, 0.25) is 0 Å². The van der Waals surface area contributed by atoms with Gasteiger partial charge < -0.3 is 0 Å². The van der Waals surface area contributed by atoms with Crippen LogP contribution in [0.3, 0.4) is 0 Å². The van der Waals surface area contributed by atoms with Gasteiger partial charge in [-0.25, -0.2) is 0 Å². The summed E-state index contributed by atoms with van der Waals surface area (Å²) in [6, 6.07) is 3.94. The quantitative estimate of drug-likeness (QED) is 0.700. The topological polar surface area (TPSA) is 40.9 Å². The maximum absolute atomic E-state index is 12.4. The normalized spacial score (nSPS) is 10.9. The van der Waals surface area contributed by atoms with Crippen molar-refractivity contribution in [2.24, 2.45) is 0 Å². The summed E-state index contributed by atoms with van der Waals surface area (Å²) in [6.07, 6.45) is -4.67. The number of nitriles is 1. The first-order valence-electron chi connectivity index (χ1n) is 3.67. The molecular formula is C9H3ClF3NO. The smallest absolute Gasteiger partial charge is 0.276 e. The Kier molecular flexibility index (Phi) is 3.01. The van der Waals surface area contributed by atoms with Crippen LogP contribution in [0.5, 0.6) is 0 Å². The predicted octanol–water partition coefficient (Wildman–Crippen LogP) is 2.96. The molecule has 1 rings (SSSR count). The maximum Gasteiger partial charge on any atom is 0.417 e. The molecule has 1 aromatic carbocycles. The van der Waals surface area contributed by atoms with Crippen LogP contribution in [0.25, 0.3) is 0 Å². The van der Waals surface area contributed by atoms with E-state index >= 15 is 0 Å². The van der Waals surface area contributed by atoms with E-state index in [2.05, 4.69) is 0 Å². The number of benzene rings is 1. The second-order valence-electron chi connectivity index (χ2n) is 2.64. The SMILES string of the molecule is N#Cc1ccc(C(=O)Cl)cc1C(F)(F)F. The number of rotatable bonds is 1. The first-order chi connectivity index (χ1) is 6.86. The monoisotopic (exact) mass is 233 g/mol. The average molecular weight is 234 g/mol. The van der Waals surface area contributed by atoms with Gasteiger partial charge >= 0.3 is 6.18 Å². The lowest BCUT2D eigenvalue weighted by atomic mass is 10.0. The average Bonchev–Trinajstić information content (AvgIpc) is 2.15. The van der Waals surface area contributed by atoms with Gasteiger partial charge in [0.2, 0.25) is 0 Å². The van der Waals surface area contributed by atoms with E-state index in [4.69, 9.17) is 16.9 Å². The Bertz CT molecular complexity index is 448. The summed E-state index contributed by atoms with van der Waals surface area (Å²) in [5, 5.41) is 7.45. The fraction of sp³-hybridized carbons (Fsp3) is 0.111. The van der Waals surface area contributed by atoms with E-state index in [1.165, 1.54) is 6.07 Å². The number of carbonyl (C=O) groups excluding carboxylic acids is 1. The summed E-state index contributed by atoms with van der Waals surface area (Å²) in [5.74, 6) is 0. The molecule has 0 N–H and O–H groups in total. The summed E-state index contributed by atoms with van der Waals surface area (Å²) in [5.41, 5.74) is -1.98. The molecule has 0 heterocycles. The molecule has 15 heavy (non-hydrogen) atoms. The molecule has 6 heteroatoms. The minimum atomic E-state index is -4.67. The fourth-order valence-corrected chi connectivity index (χ4v) is 1.12. The number of hydrogen-bond acceptors (Lipinski definition) is 2. The molecule has 0 radical (unpaired) electrons. The van der Waals surface area contributed by atoms with Crippen LogP contribution in [0.15, 0.2) is 18.2 Å². The van der Waals surface area contributed by atoms with Gasteiger partial charge in [0.1, 0.15) is 0 Å². The number of halogens is 4. The molecule has 0 spiro atoms. The molecule has 0 saturated carbocycles. The molecule has 1 aromatic rings. The van der Waals surface area contributed by atoms with Crippen molar-refractivity contribution in [1.82, 2.24) is 0 Å². The molecule has 0 aliphatic rings. The highest BCUT2D eigenvalue weighted by molar-refractivity contribution is 6.67. The van der Waals surface area contributed by atoms with Gasteiger partial charge in [-0.1, -0.05) is 0 Å². The third kappa shape index (κ3) is 2.48. The largest absolute Gasteiger partial charge is 0.417 e. The Morgan fingerprint density at radius 3 is 2.40 bits per heavy atom. The van der Waals surface area contributed by atoms with Crippen molar-refractivity contribution in [2.75, 3.05) is 0 Å². The summed E-state index contributed by atoms with van der Waals surface area (Å²) < 4.78 is 37.1.